The maximum Gasteiger partial charge on any atom is 0.337 e. The number of urea groups is 1. The molecule has 2 N–H and O–H groups in total. The van der Waals surface area contributed by atoms with Gasteiger partial charge in [0.15, 0.2) is 0 Å². The molecule has 0 bridgehead atoms. The number of carbonyl (C=O) groups excluding carboxylic acids is 2. The van der Waals surface area contributed by atoms with Crippen molar-refractivity contribution in [3.05, 3.63) is 66.0 Å². The van der Waals surface area contributed by atoms with Gasteiger partial charge in [0.25, 0.3) is 0 Å². The van der Waals surface area contributed by atoms with Crippen LogP contribution in [0, 0.1) is 0 Å². The second-order valence-electron chi connectivity index (χ2n) is 6.08. The lowest BCUT2D eigenvalue weighted by Crippen LogP contribution is -2.35. The molecule has 0 aliphatic heterocycles. The van der Waals surface area contributed by atoms with Gasteiger partial charge in [-0.05, 0) is 36.2 Å². The third-order valence-electron chi connectivity index (χ3n) is 4.22. The van der Waals surface area contributed by atoms with Crippen LogP contribution in [0.25, 0.3) is 11.0 Å². The molecule has 7 heteroatoms. The van der Waals surface area contributed by atoms with Crippen molar-refractivity contribution in [2.45, 2.75) is 19.5 Å². The molecule has 140 valence electrons. The van der Waals surface area contributed by atoms with Gasteiger partial charge in [0, 0.05) is 19.6 Å². The monoisotopic (exact) mass is 366 g/mol. The highest BCUT2D eigenvalue weighted by molar-refractivity contribution is 5.89. The average Bonchev–Trinajstić information content (AvgIpc) is 3.12. The number of imidazole rings is 1. The van der Waals surface area contributed by atoms with E-state index in [0.29, 0.717) is 18.7 Å². The van der Waals surface area contributed by atoms with Gasteiger partial charge in [-0.3, -0.25) is 0 Å². The highest BCUT2D eigenvalue weighted by Crippen LogP contribution is 2.11. The van der Waals surface area contributed by atoms with Crippen molar-refractivity contribution in [1.82, 2.24) is 20.2 Å². The number of para-hydroxylation sites is 2. The minimum Gasteiger partial charge on any atom is -0.465 e. The van der Waals surface area contributed by atoms with Crippen molar-refractivity contribution >= 4 is 23.0 Å². The summed E-state index contributed by atoms with van der Waals surface area (Å²) in [6, 6.07) is 14.7. The zero-order chi connectivity index (χ0) is 19.1. The first kappa shape index (κ1) is 18.4. The summed E-state index contributed by atoms with van der Waals surface area (Å²) >= 11 is 0. The number of methoxy groups -OCH3 is 1. The molecule has 7 nitrogen and oxygen atoms in total. The van der Waals surface area contributed by atoms with Gasteiger partial charge in [0.1, 0.15) is 0 Å². The lowest BCUT2D eigenvalue weighted by atomic mass is 10.1. The van der Waals surface area contributed by atoms with E-state index in [1.807, 2.05) is 30.6 Å². The highest BCUT2D eigenvalue weighted by atomic mass is 16.5. The molecule has 2 aromatic carbocycles. The Labute approximate surface area is 157 Å². The summed E-state index contributed by atoms with van der Waals surface area (Å²) in [4.78, 5) is 27.6. The first-order valence-corrected chi connectivity index (χ1v) is 8.76. The lowest BCUT2D eigenvalue weighted by molar-refractivity contribution is 0.0600. The summed E-state index contributed by atoms with van der Waals surface area (Å²) < 4.78 is 6.74. The van der Waals surface area contributed by atoms with Gasteiger partial charge in [-0.2, -0.15) is 0 Å². The molecule has 3 aromatic rings. The van der Waals surface area contributed by atoms with Crippen molar-refractivity contribution in [2.75, 3.05) is 13.7 Å². The topological polar surface area (TPSA) is 85.2 Å². The van der Waals surface area contributed by atoms with E-state index in [-0.39, 0.29) is 12.0 Å². The number of hydrogen-bond donors (Lipinski definition) is 2. The van der Waals surface area contributed by atoms with Crippen molar-refractivity contribution in [2.24, 2.45) is 0 Å². The van der Waals surface area contributed by atoms with Gasteiger partial charge in [0.05, 0.1) is 30.0 Å². The Bertz CT molecular complexity index is 918. The molecule has 2 amide bonds. The summed E-state index contributed by atoms with van der Waals surface area (Å²) in [5.74, 6) is -0.377. The van der Waals surface area contributed by atoms with Gasteiger partial charge >= 0.3 is 12.0 Å². The fraction of sp³-hybridized carbons (Fsp3) is 0.250. The molecule has 1 aromatic heterocycles. The van der Waals surface area contributed by atoms with Crippen LogP contribution in [-0.2, 0) is 17.8 Å². The van der Waals surface area contributed by atoms with Crippen LogP contribution in [0.4, 0.5) is 4.79 Å². The molecule has 0 radical (unpaired) electrons. The van der Waals surface area contributed by atoms with E-state index < -0.39 is 0 Å². The Kier molecular flexibility index (Phi) is 6.04. The molecule has 0 aliphatic carbocycles. The molecule has 3 rings (SSSR count). The smallest absolute Gasteiger partial charge is 0.337 e. The number of nitrogens with one attached hydrogen (secondary N) is 2. The first-order valence-electron chi connectivity index (χ1n) is 8.76. The molecule has 27 heavy (non-hydrogen) atoms. The molecular weight excluding hydrogens is 344 g/mol. The molecule has 0 saturated heterocycles. The van der Waals surface area contributed by atoms with E-state index in [9.17, 15) is 9.59 Å². The van der Waals surface area contributed by atoms with Gasteiger partial charge in [0.2, 0.25) is 0 Å². The minimum atomic E-state index is -0.377. The van der Waals surface area contributed by atoms with Gasteiger partial charge < -0.3 is 19.9 Å². The number of amides is 2. The summed E-state index contributed by atoms with van der Waals surface area (Å²) in [7, 11) is 1.34. The molecule has 0 fully saturated rings. The number of hydrogen-bond acceptors (Lipinski definition) is 4. The Balaban J connectivity index is 1.38. The van der Waals surface area contributed by atoms with Gasteiger partial charge in [-0.15, -0.1) is 0 Å². The number of esters is 1. The zero-order valence-corrected chi connectivity index (χ0v) is 15.1. The number of benzene rings is 2. The summed E-state index contributed by atoms with van der Waals surface area (Å²) in [5, 5.41) is 5.64. The SMILES string of the molecule is COC(=O)c1ccc(CNC(=O)NCCCn2cnc3ccccc32)cc1. The van der Waals surface area contributed by atoms with E-state index in [2.05, 4.69) is 24.9 Å². The fourth-order valence-corrected chi connectivity index (χ4v) is 2.76. The zero-order valence-electron chi connectivity index (χ0n) is 15.1. The van der Waals surface area contributed by atoms with Crippen LogP contribution >= 0.6 is 0 Å². The van der Waals surface area contributed by atoms with Crippen LogP contribution in [0.15, 0.2) is 54.9 Å². The third-order valence-corrected chi connectivity index (χ3v) is 4.22. The second-order valence-corrected chi connectivity index (χ2v) is 6.08. The van der Waals surface area contributed by atoms with Gasteiger partial charge in [-0.25, -0.2) is 14.6 Å². The summed E-state index contributed by atoms with van der Waals surface area (Å²) in [5.41, 5.74) is 3.46. The van der Waals surface area contributed by atoms with Crippen molar-refractivity contribution in [3.8, 4) is 0 Å². The number of rotatable bonds is 7. The number of fused-ring (bicyclic) bond motifs is 1. The predicted octanol–water partition coefficient (Wildman–Crippen LogP) is 2.71. The molecular formula is C20H22N4O3. The maximum atomic E-state index is 11.9. The van der Waals surface area contributed by atoms with Crippen molar-refractivity contribution in [1.29, 1.82) is 0 Å². The molecule has 1 heterocycles. The number of ether oxygens (including phenoxy) is 1. The Morgan fingerprint density at radius 3 is 2.63 bits per heavy atom. The number of aromatic nitrogens is 2. The molecule has 0 saturated carbocycles. The summed E-state index contributed by atoms with van der Waals surface area (Å²) in [6.45, 7) is 1.74. The van der Waals surface area contributed by atoms with E-state index in [1.165, 1.54) is 7.11 Å². The summed E-state index contributed by atoms with van der Waals surface area (Å²) in [6.07, 6.45) is 2.63. The molecule has 0 spiro atoms. The number of nitrogens with zero attached hydrogens (tertiary/aromatic N) is 2. The first-order chi connectivity index (χ1) is 13.2. The normalized spacial score (nSPS) is 10.6. The van der Waals surface area contributed by atoms with Crippen LogP contribution in [0.5, 0.6) is 0 Å². The van der Waals surface area contributed by atoms with Crippen LogP contribution in [-0.4, -0.2) is 35.2 Å². The molecule has 0 atom stereocenters. The lowest BCUT2D eigenvalue weighted by Gasteiger charge is -2.09. The van der Waals surface area contributed by atoms with Crippen LogP contribution in [0.1, 0.15) is 22.3 Å². The van der Waals surface area contributed by atoms with E-state index in [1.54, 1.807) is 24.3 Å². The van der Waals surface area contributed by atoms with Crippen molar-refractivity contribution < 1.29 is 14.3 Å². The standard InChI is InChI=1S/C20H22N4O3/c1-27-19(25)16-9-7-15(8-10-16)13-22-20(26)21-11-4-12-24-14-23-17-5-2-3-6-18(17)24/h2-3,5-10,14H,4,11-13H2,1H3,(H2,21,22,26). The largest absolute Gasteiger partial charge is 0.465 e. The van der Waals surface area contributed by atoms with Crippen LogP contribution < -0.4 is 10.6 Å². The van der Waals surface area contributed by atoms with E-state index >= 15 is 0 Å². The maximum absolute atomic E-state index is 11.9. The van der Waals surface area contributed by atoms with Crippen LogP contribution in [0.2, 0.25) is 0 Å². The van der Waals surface area contributed by atoms with Crippen LogP contribution in [0.3, 0.4) is 0 Å². The number of carbonyl (C=O) groups is 2. The second kappa shape index (κ2) is 8.84. The average molecular weight is 366 g/mol. The highest BCUT2D eigenvalue weighted by Gasteiger charge is 2.05. The van der Waals surface area contributed by atoms with Gasteiger partial charge in [-0.1, -0.05) is 24.3 Å². The fourth-order valence-electron chi connectivity index (χ4n) is 2.76. The minimum absolute atomic E-state index is 0.220. The molecule has 0 unspecified atom stereocenters. The van der Waals surface area contributed by atoms with E-state index in [0.717, 1.165) is 29.6 Å². The Morgan fingerprint density at radius 1 is 1.07 bits per heavy atom. The third kappa shape index (κ3) is 4.84. The van der Waals surface area contributed by atoms with Crippen molar-refractivity contribution in [3.63, 3.8) is 0 Å². The van der Waals surface area contributed by atoms with E-state index in [4.69, 9.17) is 0 Å². The Morgan fingerprint density at radius 2 is 1.85 bits per heavy atom. The Hall–Kier alpha value is -3.35. The molecule has 0 aliphatic rings. The predicted molar refractivity (Wildman–Crippen MR) is 102 cm³/mol. The quantitative estimate of drug-likeness (QED) is 0.497. The number of aryl methyl sites for hydroxylation is 1.